The minimum absolute atomic E-state index is 0.0374. The minimum Gasteiger partial charge on any atom is -0.489 e. The average Bonchev–Trinajstić information content (AvgIpc) is 2.47. The molecule has 2 rings (SSSR count). The number of nitrogens with zero attached hydrogens (tertiary/aromatic N) is 1. The van der Waals surface area contributed by atoms with Gasteiger partial charge in [-0.15, -0.1) is 0 Å². The molecule has 6 nitrogen and oxygen atoms in total. The van der Waals surface area contributed by atoms with Crippen molar-refractivity contribution in [1.82, 2.24) is 10.2 Å². The molecule has 0 bridgehead atoms. The lowest BCUT2D eigenvalue weighted by Gasteiger charge is -2.27. The highest BCUT2D eigenvalue weighted by molar-refractivity contribution is 7.91. The summed E-state index contributed by atoms with van der Waals surface area (Å²) in [5.41, 5.74) is 1.04. The van der Waals surface area contributed by atoms with Crippen LogP contribution in [0.1, 0.15) is 12.5 Å². The Labute approximate surface area is 131 Å². The number of amides is 2. The van der Waals surface area contributed by atoms with Crippen molar-refractivity contribution in [2.24, 2.45) is 0 Å². The number of aryl methyl sites for hydroxylation is 1. The Hall–Kier alpha value is -1.76. The van der Waals surface area contributed by atoms with E-state index in [2.05, 4.69) is 5.32 Å². The monoisotopic (exact) mass is 326 g/mol. The van der Waals surface area contributed by atoms with Crippen molar-refractivity contribution in [2.45, 2.75) is 20.0 Å². The van der Waals surface area contributed by atoms with Crippen molar-refractivity contribution in [3.8, 4) is 5.75 Å². The van der Waals surface area contributed by atoms with E-state index in [1.165, 1.54) is 4.90 Å². The fourth-order valence-corrected chi connectivity index (χ4v) is 3.41. The van der Waals surface area contributed by atoms with Gasteiger partial charge in [0, 0.05) is 13.1 Å². The number of carbonyl (C=O) groups is 1. The first kappa shape index (κ1) is 16.6. The first-order valence-electron chi connectivity index (χ1n) is 7.33. The van der Waals surface area contributed by atoms with Gasteiger partial charge in [-0.2, -0.15) is 0 Å². The normalized spacial score (nSPS) is 18.5. The number of nitrogens with one attached hydrogen (secondary N) is 1. The first-order chi connectivity index (χ1) is 10.4. The summed E-state index contributed by atoms with van der Waals surface area (Å²) in [6.45, 7) is 4.72. The number of benzene rings is 1. The smallest absolute Gasteiger partial charge is 0.317 e. The predicted molar refractivity (Wildman–Crippen MR) is 84.9 cm³/mol. The number of hydrogen-bond donors (Lipinski definition) is 1. The van der Waals surface area contributed by atoms with Crippen LogP contribution in [-0.2, 0) is 9.84 Å². The second-order valence-corrected chi connectivity index (χ2v) is 7.82. The van der Waals surface area contributed by atoms with E-state index in [1.807, 2.05) is 38.1 Å². The molecule has 1 heterocycles. The highest BCUT2D eigenvalue weighted by Crippen LogP contribution is 2.17. The molecule has 2 amide bonds. The molecule has 0 radical (unpaired) electrons. The maximum atomic E-state index is 12.0. The van der Waals surface area contributed by atoms with Crippen molar-refractivity contribution >= 4 is 15.9 Å². The first-order valence-corrected chi connectivity index (χ1v) is 9.15. The Bertz CT molecular complexity index is 616. The molecule has 0 spiro atoms. The third-order valence-corrected chi connectivity index (χ3v) is 5.20. The zero-order chi connectivity index (χ0) is 16.2. The summed E-state index contributed by atoms with van der Waals surface area (Å²) in [4.78, 5) is 13.5. The van der Waals surface area contributed by atoms with Gasteiger partial charge >= 0.3 is 6.03 Å². The summed E-state index contributed by atoms with van der Waals surface area (Å²) in [5, 5.41) is 2.79. The van der Waals surface area contributed by atoms with Crippen LogP contribution in [0.2, 0.25) is 0 Å². The highest BCUT2D eigenvalue weighted by Gasteiger charge is 2.25. The van der Waals surface area contributed by atoms with Crippen LogP contribution >= 0.6 is 0 Å². The van der Waals surface area contributed by atoms with E-state index >= 15 is 0 Å². The molecular weight excluding hydrogens is 304 g/mol. The molecule has 0 unspecified atom stereocenters. The van der Waals surface area contributed by atoms with E-state index in [9.17, 15) is 13.2 Å². The summed E-state index contributed by atoms with van der Waals surface area (Å²) in [5.74, 6) is 0.874. The molecule has 1 aliphatic heterocycles. The number of urea groups is 1. The largest absolute Gasteiger partial charge is 0.489 e. The third-order valence-electron chi connectivity index (χ3n) is 3.59. The fraction of sp³-hybridized carbons (Fsp3) is 0.533. The van der Waals surface area contributed by atoms with Gasteiger partial charge in [0.1, 0.15) is 11.9 Å². The maximum absolute atomic E-state index is 12.0. The Morgan fingerprint density at radius 2 is 1.95 bits per heavy atom. The average molecular weight is 326 g/mol. The lowest BCUT2D eigenvalue weighted by Crippen LogP contribution is -2.49. The molecular formula is C15H22N2O4S. The van der Waals surface area contributed by atoms with Crippen molar-refractivity contribution in [1.29, 1.82) is 0 Å². The van der Waals surface area contributed by atoms with E-state index in [0.29, 0.717) is 6.54 Å². The van der Waals surface area contributed by atoms with Crippen LogP contribution in [0.4, 0.5) is 4.79 Å². The summed E-state index contributed by atoms with van der Waals surface area (Å²) >= 11 is 0. The SMILES string of the molecule is Cc1ccccc1O[C@@H](C)CNC(=O)N1CCS(=O)(=O)CC1. The van der Waals surface area contributed by atoms with Gasteiger partial charge in [0.05, 0.1) is 18.1 Å². The van der Waals surface area contributed by atoms with Crippen LogP contribution in [0, 0.1) is 6.92 Å². The number of sulfone groups is 1. The van der Waals surface area contributed by atoms with Crippen molar-refractivity contribution < 1.29 is 17.9 Å². The second-order valence-electron chi connectivity index (χ2n) is 5.52. The lowest BCUT2D eigenvalue weighted by atomic mass is 10.2. The van der Waals surface area contributed by atoms with Gasteiger partial charge in [0.2, 0.25) is 0 Å². The van der Waals surface area contributed by atoms with Crippen LogP contribution in [0.5, 0.6) is 5.75 Å². The Kier molecular flexibility index (Phi) is 5.28. The molecule has 1 N–H and O–H groups in total. The molecule has 0 aliphatic carbocycles. The van der Waals surface area contributed by atoms with Crippen LogP contribution in [0.15, 0.2) is 24.3 Å². The van der Waals surface area contributed by atoms with Crippen LogP contribution in [0.25, 0.3) is 0 Å². The van der Waals surface area contributed by atoms with E-state index < -0.39 is 9.84 Å². The standard InChI is InChI=1S/C15H22N2O4S/c1-12-5-3-4-6-14(12)21-13(2)11-16-15(18)17-7-9-22(19,20)10-8-17/h3-6,13H,7-11H2,1-2H3,(H,16,18)/t13-/m0/s1. The molecule has 7 heteroatoms. The molecule has 0 saturated carbocycles. The van der Waals surface area contributed by atoms with E-state index in [0.717, 1.165) is 11.3 Å². The quantitative estimate of drug-likeness (QED) is 0.902. The Morgan fingerprint density at radius 1 is 1.32 bits per heavy atom. The third kappa shape index (κ3) is 4.62. The van der Waals surface area contributed by atoms with Crippen molar-refractivity contribution in [3.63, 3.8) is 0 Å². The van der Waals surface area contributed by atoms with Crippen LogP contribution < -0.4 is 10.1 Å². The molecule has 22 heavy (non-hydrogen) atoms. The Balaban J connectivity index is 1.78. The van der Waals surface area contributed by atoms with E-state index in [-0.39, 0.29) is 36.7 Å². The summed E-state index contributed by atoms with van der Waals surface area (Å²) in [6, 6.07) is 7.47. The van der Waals surface area contributed by atoms with Crippen molar-refractivity contribution in [3.05, 3.63) is 29.8 Å². The van der Waals surface area contributed by atoms with Gasteiger partial charge in [-0.25, -0.2) is 13.2 Å². The van der Waals surface area contributed by atoms with Gasteiger partial charge in [0.15, 0.2) is 9.84 Å². The van der Waals surface area contributed by atoms with Crippen LogP contribution in [0.3, 0.4) is 0 Å². The van der Waals surface area contributed by atoms with E-state index in [1.54, 1.807) is 0 Å². The van der Waals surface area contributed by atoms with Crippen molar-refractivity contribution in [2.75, 3.05) is 31.1 Å². The van der Waals surface area contributed by atoms with E-state index in [4.69, 9.17) is 4.74 Å². The number of carbonyl (C=O) groups excluding carboxylic acids is 1. The molecule has 1 aliphatic rings. The molecule has 1 aromatic carbocycles. The van der Waals surface area contributed by atoms with Gasteiger partial charge < -0.3 is 15.0 Å². The van der Waals surface area contributed by atoms with Crippen LogP contribution in [-0.4, -0.2) is 56.6 Å². The molecule has 1 saturated heterocycles. The number of ether oxygens (including phenoxy) is 1. The van der Waals surface area contributed by atoms with Gasteiger partial charge in [0.25, 0.3) is 0 Å². The number of hydrogen-bond acceptors (Lipinski definition) is 4. The maximum Gasteiger partial charge on any atom is 0.317 e. The topological polar surface area (TPSA) is 75.7 Å². The highest BCUT2D eigenvalue weighted by atomic mass is 32.2. The lowest BCUT2D eigenvalue weighted by molar-refractivity contribution is 0.185. The summed E-state index contributed by atoms with van der Waals surface area (Å²) < 4.78 is 28.5. The zero-order valence-electron chi connectivity index (χ0n) is 12.9. The Morgan fingerprint density at radius 3 is 2.59 bits per heavy atom. The van der Waals surface area contributed by atoms with Gasteiger partial charge in [-0.05, 0) is 25.5 Å². The molecule has 0 aromatic heterocycles. The summed E-state index contributed by atoms with van der Waals surface area (Å²) in [6.07, 6.45) is -0.168. The van der Waals surface area contributed by atoms with Gasteiger partial charge in [-0.1, -0.05) is 18.2 Å². The van der Waals surface area contributed by atoms with Gasteiger partial charge in [-0.3, -0.25) is 0 Å². The summed E-state index contributed by atoms with van der Waals surface area (Å²) in [7, 11) is -2.97. The molecule has 1 fully saturated rings. The minimum atomic E-state index is -2.97. The zero-order valence-corrected chi connectivity index (χ0v) is 13.7. The molecule has 1 aromatic rings. The second kappa shape index (κ2) is 7.00. The predicted octanol–water partition coefficient (Wildman–Crippen LogP) is 1.20. The number of rotatable bonds is 4. The molecule has 122 valence electrons. The fourth-order valence-electron chi connectivity index (χ4n) is 2.21. The number of para-hydroxylation sites is 1. The molecule has 1 atom stereocenters.